The number of halogens is 1. The molecular formula is C20H26ClN3O. The molecule has 2 heterocycles. The Morgan fingerprint density at radius 1 is 1.24 bits per heavy atom. The Kier molecular flexibility index (Phi) is 4.92. The number of hydrogen-bond acceptors (Lipinski definition) is 2. The molecular weight excluding hydrogens is 334 g/mol. The van der Waals surface area contributed by atoms with E-state index < -0.39 is 0 Å². The predicted octanol–water partition coefficient (Wildman–Crippen LogP) is 3.89. The quantitative estimate of drug-likeness (QED) is 0.833. The van der Waals surface area contributed by atoms with Crippen LogP contribution in [0.25, 0.3) is 0 Å². The second kappa shape index (κ2) is 6.83. The van der Waals surface area contributed by atoms with Gasteiger partial charge in [0, 0.05) is 26.4 Å². The third-order valence-electron chi connectivity index (χ3n) is 5.00. The Bertz CT molecular complexity index is 771. The summed E-state index contributed by atoms with van der Waals surface area (Å²) >= 11 is 6.08. The zero-order chi connectivity index (χ0) is 18.2. The van der Waals surface area contributed by atoms with Crippen LogP contribution in [0.4, 0.5) is 0 Å². The molecule has 3 rings (SSSR count). The number of rotatable bonds is 3. The molecule has 2 aromatic rings. The molecule has 134 valence electrons. The first-order valence-corrected chi connectivity index (χ1v) is 9.20. The van der Waals surface area contributed by atoms with Crippen molar-refractivity contribution in [3.63, 3.8) is 0 Å². The molecule has 0 radical (unpaired) electrons. The number of carbonyl (C=O) groups excluding carboxylic acids is 1. The first kappa shape index (κ1) is 18.0. The van der Waals surface area contributed by atoms with Gasteiger partial charge in [-0.1, -0.05) is 45.0 Å². The van der Waals surface area contributed by atoms with E-state index in [0.717, 1.165) is 30.8 Å². The highest BCUT2D eigenvalue weighted by Crippen LogP contribution is 2.24. The van der Waals surface area contributed by atoms with Gasteiger partial charge in [-0.2, -0.15) is 0 Å². The highest BCUT2D eigenvalue weighted by molar-refractivity contribution is 6.28. The molecule has 0 saturated heterocycles. The van der Waals surface area contributed by atoms with E-state index >= 15 is 0 Å². The molecule has 1 aliphatic heterocycles. The fourth-order valence-corrected chi connectivity index (χ4v) is 3.45. The summed E-state index contributed by atoms with van der Waals surface area (Å²) in [6.45, 7) is 7.96. The van der Waals surface area contributed by atoms with E-state index in [-0.39, 0.29) is 11.3 Å². The van der Waals surface area contributed by atoms with Crippen molar-refractivity contribution in [3.8, 4) is 0 Å². The number of benzene rings is 1. The van der Waals surface area contributed by atoms with Crippen molar-refractivity contribution in [3.05, 3.63) is 52.1 Å². The van der Waals surface area contributed by atoms with Crippen molar-refractivity contribution >= 4 is 17.5 Å². The van der Waals surface area contributed by atoms with Crippen molar-refractivity contribution in [2.45, 2.75) is 52.0 Å². The number of aryl methyl sites for hydroxylation is 1. The van der Waals surface area contributed by atoms with Crippen LogP contribution in [0.3, 0.4) is 0 Å². The average Bonchev–Trinajstić information content (AvgIpc) is 2.86. The van der Waals surface area contributed by atoms with Crippen LogP contribution in [-0.2, 0) is 36.6 Å². The summed E-state index contributed by atoms with van der Waals surface area (Å²) < 4.78 is 1.88. The number of aromatic nitrogens is 2. The van der Waals surface area contributed by atoms with Crippen LogP contribution in [0.2, 0.25) is 5.28 Å². The molecule has 0 bridgehead atoms. The molecule has 1 aromatic carbocycles. The smallest absolute Gasteiger partial charge is 0.223 e. The average molecular weight is 360 g/mol. The number of amides is 1. The molecule has 0 saturated carbocycles. The van der Waals surface area contributed by atoms with Gasteiger partial charge >= 0.3 is 0 Å². The van der Waals surface area contributed by atoms with E-state index in [2.05, 4.69) is 50.0 Å². The normalized spacial score (nSPS) is 14.5. The van der Waals surface area contributed by atoms with Crippen LogP contribution in [-0.4, -0.2) is 26.9 Å². The zero-order valence-electron chi connectivity index (χ0n) is 15.5. The van der Waals surface area contributed by atoms with Gasteiger partial charge in [0.2, 0.25) is 11.2 Å². The predicted molar refractivity (Wildman–Crippen MR) is 101 cm³/mol. The van der Waals surface area contributed by atoms with E-state index in [1.54, 1.807) is 0 Å². The molecule has 0 atom stereocenters. The molecule has 0 spiro atoms. The second-order valence-corrected chi connectivity index (χ2v) is 8.18. The van der Waals surface area contributed by atoms with Crippen LogP contribution in [0.1, 0.15) is 49.7 Å². The minimum absolute atomic E-state index is 0.157. The van der Waals surface area contributed by atoms with E-state index in [4.69, 9.17) is 11.6 Å². The first-order chi connectivity index (χ1) is 11.8. The maximum atomic E-state index is 12.6. The molecule has 0 fully saturated rings. The van der Waals surface area contributed by atoms with E-state index in [9.17, 15) is 4.79 Å². The van der Waals surface area contributed by atoms with Gasteiger partial charge in [0.1, 0.15) is 0 Å². The molecule has 1 amide bonds. The lowest BCUT2D eigenvalue weighted by molar-refractivity contribution is -0.132. The highest BCUT2D eigenvalue weighted by Gasteiger charge is 2.25. The maximum Gasteiger partial charge on any atom is 0.223 e. The first-order valence-electron chi connectivity index (χ1n) is 8.83. The molecule has 4 nitrogen and oxygen atoms in total. The summed E-state index contributed by atoms with van der Waals surface area (Å²) in [5.74, 6) is 0.197. The Morgan fingerprint density at radius 3 is 2.56 bits per heavy atom. The fourth-order valence-electron chi connectivity index (χ4n) is 3.25. The van der Waals surface area contributed by atoms with Crippen molar-refractivity contribution in [2.24, 2.45) is 7.05 Å². The summed E-state index contributed by atoms with van der Waals surface area (Å²) in [4.78, 5) is 18.9. The van der Waals surface area contributed by atoms with Crippen LogP contribution in [0.15, 0.2) is 24.3 Å². The van der Waals surface area contributed by atoms with Gasteiger partial charge in [-0.15, -0.1) is 0 Å². The second-order valence-electron chi connectivity index (χ2n) is 7.85. The third kappa shape index (κ3) is 3.90. The minimum Gasteiger partial charge on any atom is -0.336 e. The lowest BCUT2D eigenvalue weighted by Gasteiger charge is -2.27. The summed E-state index contributed by atoms with van der Waals surface area (Å²) in [6.07, 6.45) is 2.09. The lowest BCUT2D eigenvalue weighted by Crippen LogP contribution is -2.36. The maximum absolute atomic E-state index is 12.6. The summed E-state index contributed by atoms with van der Waals surface area (Å²) in [5, 5.41) is 0.498. The summed E-state index contributed by atoms with van der Waals surface area (Å²) in [7, 11) is 1.90. The van der Waals surface area contributed by atoms with Crippen LogP contribution in [0, 0.1) is 0 Å². The van der Waals surface area contributed by atoms with Gasteiger partial charge in [0.25, 0.3) is 0 Å². The molecule has 0 unspecified atom stereocenters. The fraction of sp³-hybridized carbons (Fsp3) is 0.500. The molecule has 0 aliphatic carbocycles. The Morgan fingerprint density at radius 2 is 1.92 bits per heavy atom. The highest BCUT2D eigenvalue weighted by atomic mass is 35.5. The number of nitrogens with zero attached hydrogens (tertiary/aromatic N) is 3. The topological polar surface area (TPSA) is 38.1 Å². The molecule has 0 N–H and O–H groups in total. The van der Waals surface area contributed by atoms with Crippen molar-refractivity contribution in [1.29, 1.82) is 0 Å². The SMILES string of the molecule is Cn1c(Cl)nc2c1CN(C(=O)CCc1ccc(C(C)(C)C)cc1)CC2. The molecule has 1 aliphatic rings. The Labute approximate surface area is 154 Å². The van der Waals surface area contributed by atoms with E-state index in [1.165, 1.54) is 11.1 Å². The Hall–Kier alpha value is -1.81. The van der Waals surface area contributed by atoms with Crippen molar-refractivity contribution < 1.29 is 4.79 Å². The van der Waals surface area contributed by atoms with Gasteiger partial charge in [-0.05, 0) is 34.6 Å². The van der Waals surface area contributed by atoms with Crippen LogP contribution in [0.5, 0.6) is 0 Å². The van der Waals surface area contributed by atoms with Crippen molar-refractivity contribution in [2.75, 3.05) is 6.54 Å². The third-order valence-corrected chi connectivity index (χ3v) is 5.34. The van der Waals surface area contributed by atoms with Gasteiger partial charge in [-0.25, -0.2) is 4.98 Å². The van der Waals surface area contributed by atoms with E-state index in [1.807, 2.05) is 16.5 Å². The lowest BCUT2D eigenvalue weighted by atomic mass is 9.86. The standard InChI is InChI=1S/C20H26ClN3O/c1-20(2,3)15-8-5-14(6-9-15)7-10-18(25)24-12-11-16-17(13-24)23(4)19(21)22-16/h5-6,8-9H,7,10-13H2,1-4H3. The van der Waals surface area contributed by atoms with Crippen LogP contribution < -0.4 is 0 Å². The number of imidazole rings is 1. The van der Waals surface area contributed by atoms with Crippen molar-refractivity contribution in [1.82, 2.24) is 14.5 Å². The van der Waals surface area contributed by atoms with Crippen LogP contribution >= 0.6 is 11.6 Å². The summed E-state index contributed by atoms with van der Waals surface area (Å²) in [6, 6.07) is 8.63. The van der Waals surface area contributed by atoms with Gasteiger partial charge < -0.3 is 9.47 Å². The number of carbonyl (C=O) groups is 1. The monoisotopic (exact) mass is 359 g/mol. The Balaban J connectivity index is 1.59. The largest absolute Gasteiger partial charge is 0.336 e. The minimum atomic E-state index is 0.157. The number of hydrogen-bond donors (Lipinski definition) is 0. The molecule has 5 heteroatoms. The van der Waals surface area contributed by atoms with Gasteiger partial charge in [0.15, 0.2) is 0 Å². The van der Waals surface area contributed by atoms with Gasteiger partial charge in [0.05, 0.1) is 17.9 Å². The van der Waals surface area contributed by atoms with Gasteiger partial charge in [-0.3, -0.25) is 4.79 Å². The number of fused-ring (bicyclic) bond motifs is 1. The summed E-state index contributed by atoms with van der Waals surface area (Å²) in [5.41, 5.74) is 4.76. The zero-order valence-corrected chi connectivity index (χ0v) is 16.2. The van der Waals surface area contributed by atoms with E-state index in [0.29, 0.717) is 18.2 Å². The molecule has 25 heavy (non-hydrogen) atoms. The molecule has 1 aromatic heterocycles.